The lowest BCUT2D eigenvalue weighted by Crippen LogP contribution is -1.84. The fourth-order valence-electron chi connectivity index (χ4n) is 1.65. The van der Waals surface area contributed by atoms with Crippen LogP contribution in [0.2, 0.25) is 0 Å². The quantitative estimate of drug-likeness (QED) is 0.724. The summed E-state index contributed by atoms with van der Waals surface area (Å²) < 4.78 is 0. The molecule has 2 aromatic heterocycles. The standard InChI is InChI=1S/C13H10N4/c1-2-4-10(5-3-1)12-8-16-13(17-12)11-6-14-9-15-7-11/h1-9H,(H,16,17). The van der Waals surface area contributed by atoms with Crippen LogP contribution in [-0.4, -0.2) is 19.9 Å². The van der Waals surface area contributed by atoms with Gasteiger partial charge in [0.2, 0.25) is 0 Å². The molecule has 1 N–H and O–H groups in total. The Kier molecular flexibility index (Phi) is 2.38. The highest BCUT2D eigenvalue weighted by molar-refractivity contribution is 5.63. The van der Waals surface area contributed by atoms with Gasteiger partial charge in [-0.15, -0.1) is 0 Å². The SMILES string of the molecule is c1ccc(-c2c[nH]c(-c3cncnc3)n2)cc1. The third kappa shape index (κ3) is 1.92. The number of aromatic amines is 1. The Labute approximate surface area is 98.4 Å². The number of benzene rings is 1. The molecule has 0 aliphatic carbocycles. The van der Waals surface area contributed by atoms with Crippen LogP contribution in [0.15, 0.2) is 55.2 Å². The first kappa shape index (κ1) is 9.72. The summed E-state index contributed by atoms with van der Waals surface area (Å²) in [5, 5.41) is 0. The molecule has 0 saturated heterocycles. The van der Waals surface area contributed by atoms with Gasteiger partial charge in [-0.2, -0.15) is 0 Å². The van der Waals surface area contributed by atoms with E-state index in [9.17, 15) is 0 Å². The lowest BCUT2D eigenvalue weighted by Gasteiger charge is -1.94. The second-order valence-electron chi connectivity index (χ2n) is 3.63. The first-order valence-corrected chi connectivity index (χ1v) is 5.30. The third-order valence-corrected chi connectivity index (χ3v) is 2.48. The topological polar surface area (TPSA) is 54.5 Å². The molecule has 0 radical (unpaired) electrons. The molecule has 0 amide bonds. The highest BCUT2D eigenvalue weighted by atomic mass is 14.9. The minimum atomic E-state index is 0.782. The smallest absolute Gasteiger partial charge is 0.141 e. The Bertz CT molecular complexity index is 548. The normalized spacial score (nSPS) is 10.4. The van der Waals surface area contributed by atoms with Gasteiger partial charge in [0.25, 0.3) is 0 Å². The molecule has 0 spiro atoms. The second kappa shape index (κ2) is 4.17. The van der Waals surface area contributed by atoms with Gasteiger partial charge in [0.05, 0.1) is 11.3 Å². The number of hydrogen-bond donors (Lipinski definition) is 1. The van der Waals surface area contributed by atoms with E-state index in [4.69, 9.17) is 0 Å². The molecule has 0 aliphatic rings. The van der Waals surface area contributed by atoms with Crippen molar-refractivity contribution in [2.24, 2.45) is 0 Å². The Morgan fingerprint density at radius 2 is 1.65 bits per heavy atom. The molecule has 4 heteroatoms. The van der Waals surface area contributed by atoms with Crippen molar-refractivity contribution in [1.82, 2.24) is 19.9 Å². The highest BCUT2D eigenvalue weighted by Crippen LogP contribution is 2.20. The van der Waals surface area contributed by atoms with Crippen LogP contribution in [0.3, 0.4) is 0 Å². The Morgan fingerprint density at radius 1 is 0.882 bits per heavy atom. The monoisotopic (exact) mass is 222 g/mol. The third-order valence-electron chi connectivity index (χ3n) is 2.48. The van der Waals surface area contributed by atoms with Gasteiger partial charge in [0, 0.05) is 24.2 Å². The zero-order valence-electron chi connectivity index (χ0n) is 9.04. The first-order valence-electron chi connectivity index (χ1n) is 5.30. The van der Waals surface area contributed by atoms with Crippen LogP contribution in [0.25, 0.3) is 22.6 Å². The summed E-state index contributed by atoms with van der Waals surface area (Å²) >= 11 is 0. The van der Waals surface area contributed by atoms with Crippen molar-refractivity contribution in [3.8, 4) is 22.6 Å². The second-order valence-corrected chi connectivity index (χ2v) is 3.63. The van der Waals surface area contributed by atoms with Gasteiger partial charge in [-0.3, -0.25) is 0 Å². The number of nitrogens with one attached hydrogen (secondary N) is 1. The van der Waals surface area contributed by atoms with E-state index < -0.39 is 0 Å². The van der Waals surface area contributed by atoms with E-state index in [2.05, 4.69) is 19.9 Å². The molecule has 17 heavy (non-hydrogen) atoms. The molecule has 0 saturated carbocycles. The summed E-state index contributed by atoms with van der Waals surface area (Å²) in [6, 6.07) is 10.0. The van der Waals surface area contributed by atoms with Crippen LogP contribution in [-0.2, 0) is 0 Å². The van der Waals surface area contributed by atoms with E-state index in [-0.39, 0.29) is 0 Å². The number of hydrogen-bond acceptors (Lipinski definition) is 3. The minimum Gasteiger partial charge on any atom is -0.344 e. The summed E-state index contributed by atoms with van der Waals surface area (Å²) in [5.74, 6) is 0.782. The molecule has 2 heterocycles. The molecule has 1 aromatic carbocycles. The Balaban J connectivity index is 1.99. The molecule has 0 unspecified atom stereocenters. The highest BCUT2D eigenvalue weighted by Gasteiger charge is 2.05. The fourth-order valence-corrected chi connectivity index (χ4v) is 1.65. The molecule has 3 rings (SSSR count). The maximum Gasteiger partial charge on any atom is 0.141 e. The van der Waals surface area contributed by atoms with Gasteiger partial charge < -0.3 is 4.98 Å². The number of H-pyrrole nitrogens is 1. The molecule has 0 aliphatic heterocycles. The van der Waals surface area contributed by atoms with Gasteiger partial charge in [0.15, 0.2) is 0 Å². The number of imidazole rings is 1. The molecule has 82 valence electrons. The van der Waals surface area contributed by atoms with E-state index in [0.29, 0.717) is 0 Å². The number of nitrogens with zero attached hydrogens (tertiary/aromatic N) is 3. The van der Waals surface area contributed by atoms with Gasteiger partial charge >= 0.3 is 0 Å². The maximum atomic E-state index is 4.52. The van der Waals surface area contributed by atoms with Gasteiger partial charge in [0.1, 0.15) is 12.2 Å². The zero-order chi connectivity index (χ0) is 11.5. The van der Waals surface area contributed by atoms with E-state index in [0.717, 1.165) is 22.6 Å². The Morgan fingerprint density at radius 3 is 2.41 bits per heavy atom. The number of aromatic nitrogens is 4. The zero-order valence-corrected chi connectivity index (χ0v) is 9.04. The summed E-state index contributed by atoms with van der Waals surface area (Å²) in [6.07, 6.45) is 6.86. The predicted octanol–water partition coefficient (Wildman–Crippen LogP) is 2.53. The van der Waals surface area contributed by atoms with Crippen LogP contribution in [0.1, 0.15) is 0 Å². The molecule has 0 fully saturated rings. The van der Waals surface area contributed by atoms with Crippen LogP contribution in [0, 0.1) is 0 Å². The Hall–Kier alpha value is -2.49. The molecular weight excluding hydrogens is 212 g/mol. The van der Waals surface area contributed by atoms with Crippen LogP contribution in [0.5, 0.6) is 0 Å². The average molecular weight is 222 g/mol. The van der Waals surface area contributed by atoms with E-state index in [1.54, 1.807) is 12.4 Å². The van der Waals surface area contributed by atoms with Crippen molar-refractivity contribution in [2.75, 3.05) is 0 Å². The number of rotatable bonds is 2. The van der Waals surface area contributed by atoms with Crippen molar-refractivity contribution in [3.05, 3.63) is 55.2 Å². The van der Waals surface area contributed by atoms with Gasteiger partial charge in [-0.1, -0.05) is 30.3 Å². The molecule has 4 nitrogen and oxygen atoms in total. The fraction of sp³-hybridized carbons (Fsp3) is 0. The van der Waals surface area contributed by atoms with Crippen molar-refractivity contribution in [2.45, 2.75) is 0 Å². The lowest BCUT2D eigenvalue weighted by atomic mass is 10.2. The van der Waals surface area contributed by atoms with Crippen molar-refractivity contribution < 1.29 is 0 Å². The van der Waals surface area contributed by atoms with Crippen LogP contribution in [0.4, 0.5) is 0 Å². The maximum absolute atomic E-state index is 4.52. The summed E-state index contributed by atoms with van der Waals surface area (Å²) in [6.45, 7) is 0. The molecular formula is C13H10N4. The summed E-state index contributed by atoms with van der Waals surface area (Å²) in [4.78, 5) is 15.6. The van der Waals surface area contributed by atoms with Crippen molar-refractivity contribution in [1.29, 1.82) is 0 Å². The molecule has 3 aromatic rings. The summed E-state index contributed by atoms with van der Waals surface area (Å²) in [5.41, 5.74) is 2.89. The van der Waals surface area contributed by atoms with Gasteiger partial charge in [-0.05, 0) is 0 Å². The average Bonchev–Trinajstić information content (AvgIpc) is 2.90. The largest absolute Gasteiger partial charge is 0.344 e. The predicted molar refractivity (Wildman–Crippen MR) is 65.0 cm³/mol. The van der Waals surface area contributed by atoms with Crippen LogP contribution >= 0.6 is 0 Å². The lowest BCUT2D eigenvalue weighted by molar-refractivity contribution is 1.15. The van der Waals surface area contributed by atoms with Gasteiger partial charge in [-0.25, -0.2) is 15.0 Å². The van der Waals surface area contributed by atoms with E-state index >= 15 is 0 Å². The van der Waals surface area contributed by atoms with E-state index in [1.165, 1.54) is 6.33 Å². The minimum absolute atomic E-state index is 0.782. The first-order chi connectivity index (χ1) is 8.43. The summed E-state index contributed by atoms with van der Waals surface area (Å²) in [7, 11) is 0. The van der Waals surface area contributed by atoms with E-state index in [1.807, 2.05) is 36.5 Å². The molecule has 0 atom stereocenters. The molecule has 0 bridgehead atoms. The van der Waals surface area contributed by atoms with Crippen molar-refractivity contribution in [3.63, 3.8) is 0 Å². The van der Waals surface area contributed by atoms with Crippen LogP contribution < -0.4 is 0 Å². The van der Waals surface area contributed by atoms with Crippen molar-refractivity contribution >= 4 is 0 Å².